The van der Waals surface area contributed by atoms with E-state index in [4.69, 9.17) is 11.6 Å². The first-order valence-electron chi connectivity index (χ1n) is 3.80. The third kappa shape index (κ3) is 1.27. The molecule has 0 heterocycles. The molecule has 2 rings (SSSR count). The van der Waals surface area contributed by atoms with Crippen LogP contribution < -0.4 is 0 Å². The first-order chi connectivity index (χ1) is 5.68. The molecule has 1 aromatic carbocycles. The maximum absolute atomic E-state index is 13.2. The topological polar surface area (TPSA) is 0 Å². The number of alkyl halides is 1. The predicted octanol–water partition coefficient (Wildman–Crippen LogP) is 3.81. The Labute approximate surface area is 83.9 Å². The second-order valence-corrected chi connectivity index (χ2v) is 4.40. The minimum absolute atomic E-state index is 0.00741. The van der Waals surface area contributed by atoms with Gasteiger partial charge < -0.3 is 0 Å². The van der Waals surface area contributed by atoms with Gasteiger partial charge in [-0.3, -0.25) is 0 Å². The summed E-state index contributed by atoms with van der Waals surface area (Å²) in [6.45, 7) is 0. The van der Waals surface area contributed by atoms with Crippen LogP contribution in [-0.4, -0.2) is 0 Å². The van der Waals surface area contributed by atoms with Crippen molar-refractivity contribution in [3.8, 4) is 0 Å². The molecule has 64 valence electrons. The summed E-state index contributed by atoms with van der Waals surface area (Å²) in [4.78, 5) is 0. The molecule has 0 saturated heterocycles. The van der Waals surface area contributed by atoms with Crippen LogP contribution in [0, 0.1) is 5.82 Å². The van der Waals surface area contributed by atoms with Crippen molar-refractivity contribution in [2.45, 2.75) is 18.2 Å². The average molecular weight is 250 g/mol. The number of hydrogen-bond acceptors (Lipinski definition) is 0. The Morgan fingerprint density at radius 3 is 3.00 bits per heavy atom. The first kappa shape index (κ1) is 8.52. The van der Waals surface area contributed by atoms with Crippen molar-refractivity contribution in [3.63, 3.8) is 0 Å². The van der Waals surface area contributed by atoms with E-state index in [1.54, 1.807) is 0 Å². The van der Waals surface area contributed by atoms with Gasteiger partial charge >= 0.3 is 0 Å². The molecular weight excluding hydrogens is 242 g/mol. The Morgan fingerprint density at radius 2 is 2.25 bits per heavy atom. The summed E-state index contributed by atoms with van der Waals surface area (Å²) in [5.41, 5.74) is 1.74. The van der Waals surface area contributed by atoms with Crippen LogP contribution in [-0.2, 0) is 6.42 Å². The van der Waals surface area contributed by atoms with Gasteiger partial charge in [0.2, 0.25) is 0 Å². The molecule has 1 aromatic rings. The van der Waals surface area contributed by atoms with Crippen LogP contribution in [0.5, 0.6) is 0 Å². The van der Waals surface area contributed by atoms with E-state index >= 15 is 0 Å². The van der Waals surface area contributed by atoms with Crippen LogP contribution in [0.15, 0.2) is 16.6 Å². The number of hydrogen-bond donors (Lipinski definition) is 0. The summed E-state index contributed by atoms with van der Waals surface area (Å²) in [5.74, 6) is -0.137. The van der Waals surface area contributed by atoms with Crippen LogP contribution in [0.3, 0.4) is 0 Å². The number of halogens is 3. The Kier molecular flexibility index (Phi) is 2.13. The molecule has 0 N–H and O–H groups in total. The fraction of sp³-hybridized carbons (Fsp3) is 0.333. The summed E-state index contributed by atoms with van der Waals surface area (Å²) in [6.07, 6.45) is 1.62. The van der Waals surface area contributed by atoms with E-state index in [9.17, 15) is 4.39 Å². The van der Waals surface area contributed by atoms with E-state index in [0.29, 0.717) is 0 Å². The summed E-state index contributed by atoms with van der Waals surface area (Å²) >= 11 is 9.24. The molecular formula is C9H7BrClF. The second-order valence-electron chi connectivity index (χ2n) is 2.96. The van der Waals surface area contributed by atoms with Crippen LogP contribution in [0.25, 0.3) is 0 Å². The zero-order valence-electron chi connectivity index (χ0n) is 6.28. The van der Waals surface area contributed by atoms with Gasteiger partial charge in [0.15, 0.2) is 0 Å². The molecule has 0 bridgehead atoms. The molecule has 0 spiro atoms. The van der Waals surface area contributed by atoms with Crippen LogP contribution in [0.4, 0.5) is 4.39 Å². The highest BCUT2D eigenvalue weighted by molar-refractivity contribution is 9.10. The van der Waals surface area contributed by atoms with Crippen molar-refractivity contribution in [2.75, 3.05) is 0 Å². The molecule has 0 radical (unpaired) electrons. The standard InChI is InChI=1S/C9H7BrClF/c10-5-3-7-6(9(12)4-5)1-2-8(7)11/h3-4,8H,1-2H2. The van der Waals surface area contributed by atoms with E-state index < -0.39 is 0 Å². The number of benzene rings is 1. The summed E-state index contributed by atoms with van der Waals surface area (Å²) in [7, 11) is 0. The van der Waals surface area contributed by atoms with Gasteiger partial charge in [0.25, 0.3) is 0 Å². The average Bonchev–Trinajstić information content (AvgIpc) is 2.33. The van der Waals surface area contributed by atoms with Gasteiger partial charge in [-0.15, -0.1) is 11.6 Å². The second kappa shape index (κ2) is 3.00. The van der Waals surface area contributed by atoms with E-state index in [1.807, 2.05) is 6.07 Å². The summed E-state index contributed by atoms with van der Waals surface area (Å²) < 4.78 is 14.0. The lowest BCUT2D eigenvalue weighted by Gasteiger charge is -2.03. The summed E-state index contributed by atoms with van der Waals surface area (Å²) in [6, 6.07) is 3.40. The highest BCUT2D eigenvalue weighted by Crippen LogP contribution is 2.38. The highest BCUT2D eigenvalue weighted by Gasteiger charge is 2.23. The molecule has 0 amide bonds. The molecule has 0 aromatic heterocycles. The maximum Gasteiger partial charge on any atom is 0.127 e. The van der Waals surface area contributed by atoms with Crippen molar-refractivity contribution in [2.24, 2.45) is 0 Å². The molecule has 0 fully saturated rings. The fourth-order valence-corrected chi connectivity index (χ4v) is 2.34. The van der Waals surface area contributed by atoms with Crippen molar-refractivity contribution < 1.29 is 4.39 Å². The van der Waals surface area contributed by atoms with Crippen LogP contribution >= 0.6 is 27.5 Å². The first-order valence-corrected chi connectivity index (χ1v) is 5.03. The Hall–Kier alpha value is -0.0800. The smallest absolute Gasteiger partial charge is 0.127 e. The van der Waals surface area contributed by atoms with Gasteiger partial charge in [0, 0.05) is 4.47 Å². The van der Waals surface area contributed by atoms with Gasteiger partial charge in [-0.25, -0.2) is 4.39 Å². The quantitative estimate of drug-likeness (QED) is 0.613. The molecule has 1 aliphatic carbocycles. The molecule has 0 aliphatic heterocycles. The minimum atomic E-state index is -0.137. The number of rotatable bonds is 0. The van der Waals surface area contributed by atoms with Gasteiger partial charge in [-0.1, -0.05) is 15.9 Å². The van der Waals surface area contributed by atoms with Gasteiger partial charge in [-0.2, -0.15) is 0 Å². The fourth-order valence-electron chi connectivity index (χ4n) is 1.59. The van der Waals surface area contributed by atoms with Crippen LogP contribution in [0.2, 0.25) is 0 Å². The van der Waals surface area contributed by atoms with Crippen molar-refractivity contribution in [3.05, 3.63) is 33.5 Å². The lowest BCUT2D eigenvalue weighted by atomic mass is 10.1. The largest absolute Gasteiger partial charge is 0.207 e. The molecule has 0 nitrogen and oxygen atoms in total. The lowest BCUT2D eigenvalue weighted by Crippen LogP contribution is -1.89. The molecule has 0 saturated carbocycles. The Bertz CT molecular complexity index is 325. The zero-order chi connectivity index (χ0) is 8.72. The Morgan fingerprint density at radius 1 is 1.50 bits per heavy atom. The maximum atomic E-state index is 13.2. The van der Waals surface area contributed by atoms with E-state index in [1.165, 1.54) is 6.07 Å². The van der Waals surface area contributed by atoms with Gasteiger partial charge in [0.05, 0.1) is 5.38 Å². The third-order valence-electron chi connectivity index (χ3n) is 2.18. The van der Waals surface area contributed by atoms with Crippen molar-refractivity contribution in [1.29, 1.82) is 0 Å². The zero-order valence-corrected chi connectivity index (χ0v) is 8.62. The normalized spacial score (nSPS) is 21.1. The number of fused-ring (bicyclic) bond motifs is 1. The Balaban J connectivity index is 2.60. The van der Waals surface area contributed by atoms with Crippen molar-refractivity contribution >= 4 is 27.5 Å². The summed E-state index contributed by atoms with van der Waals surface area (Å²) in [5, 5.41) is -0.00741. The molecule has 3 heteroatoms. The van der Waals surface area contributed by atoms with Gasteiger partial charge in [0.1, 0.15) is 5.82 Å². The van der Waals surface area contributed by atoms with E-state index in [2.05, 4.69) is 15.9 Å². The van der Waals surface area contributed by atoms with E-state index in [0.717, 1.165) is 28.4 Å². The third-order valence-corrected chi connectivity index (χ3v) is 3.09. The monoisotopic (exact) mass is 248 g/mol. The van der Waals surface area contributed by atoms with E-state index in [-0.39, 0.29) is 11.2 Å². The molecule has 1 aliphatic rings. The minimum Gasteiger partial charge on any atom is -0.207 e. The predicted molar refractivity (Wildman–Crippen MR) is 51.0 cm³/mol. The van der Waals surface area contributed by atoms with Crippen LogP contribution in [0.1, 0.15) is 22.9 Å². The SMILES string of the molecule is Fc1cc(Br)cc2c1CCC2Cl. The highest BCUT2D eigenvalue weighted by atomic mass is 79.9. The van der Waals surface area contributed by atoms with Crippen molar-refractivity contribution in [1.82, 2.24) is 0 Å². The molecule has 1 atom stereocenters. The lowest BCUT2D eigenvalue weighted by molar-refractivity contribution is 0.612. The molecule has 12 heavy (non-hydrogen) atoms. The van der Waals surface area contributed by atoms with Gasteiger partial charge in [-0.05, 0) is 36.1 Å². The molecule has 1 unspecified atom stereocenters.